The molecular weight excluding hydrogens is 306 g/mol. The summed E-state index contributed by atoms with van der Waals surface area (Å²) in [4.78, 5) is 3.23. The second-order valence-corrected chi connectivity index (χ2v) is 4.47. The number of hydrogen-bond donors (Lipinski definition) is 1. The topological polar surface area (TPSA) is 64.9 Å². The first-order valence-corrected chi connectivity index (χ1v) is 5.66. The van der Waals surface area contributed by atoms with E-state index in [1.165, 1.54) is 12.1 Å². The lowest BCUT2D eigenvalue weighted by Crippen LogP contribution is -2.05. The molecule has 0 unspecified atom stereocenters. The molecule has 0 fully saturated rings. The molecule has 0 aliphatic rings. The maximum Gasteiger partial charge on any atom is 0.471 e. The number of aromatic nitrogens is 2. The van der Waals surface area contributed by atoms with Crippen molar-refractivity contribution in [1.82, 2.24) is 10.1 Å². The van der Waals surface area contributed by atoms with E-state index < -0.39 is 12.1 Å². The van der Waals surface area contributed by atoms with Crippen LogP contribution in [0.5, 0.6) is 0 Å². The van der Waals surface area contributed by atoms with Crippen LogP contribution in [0.4, 0.5) is 18.9 Å². The number of benzene rings is 1. The fourth-order valence-corrected chi connectivity index (χ4v) is 2.03. The van der Waals surface area contributed by atoms with Crippen molar-refractivity contribution >= 4 is 28.9 Å². The predicted molar refractivity (Wildman–Crippen MR) is 63.0 cm³/mol. The van der Waals surface area contributed by atoms with Crippen molar-refractivity contribution in [3.05, 3.63) is 39.5 Å². The number of nitrogen functional groups attached to an aromatic ring is 1. The van der Waals surface area contributed by atoms with Crippen molar-refractivity contribution in [2.75, 3.05) is 5.73 Å². The number of nitrogens with zero attached hydrogens (tertiary/aromatic N) is 2. The Bertz CT molecular complexity index is 589. The Morgan fingerprint density at radius 2 is 1.79 bits per heavy atom. The van der Waals surface area contributed by atoms with Crippen LogP contribution in [0.1, 0.15) is 17.3 Å². The zero-order valence-electron chi connectivity index (χ0n) is 9.13. The van der Waals surface area contributed by atoms with Gasteiger partial charge in [-0.25, -0.2) is 0 Å². The second kappa shape index (κ2) is 4.90. The number of halogens is 5. The fourth-order valence-electron chi connectivity index (χ4n) is 1.39. The van der Waals surface area contributed by atoms with E-state index in [0.29, 0.717) is 11.3 Å². The first-order valence-electron chi connectivity index (χ1n) is 4.90. The van der Waals surface area contributed by atoms with Gasteiger partial charge in [0.15, 0.2) is 5.82 Å². The Balaban J connectivity index is 2.30. The van der Waals surface area contributed by atoms with Gasteiger partial charge in [-0.15, -0.1) is 0 Å². The van der Waals surface area contributed by atoms with Gasteiger partial charge in [0.25, 0.3) is 0 Å². The molecule has 9 heteroatoms. The maximum absolute atomic E-state index is 12.3. The molecule has 102 valence electrons. The van der Waals surface area contributed by atoms with Crippen LogP contribution in [0.25, 0.3) is 0 Å². The van der Waals surface area contributed by atoms with Crippen LogP contribution < -0.4 is 5.73 Å². The van der Waals surface area contributed by atoms with Crippen LogP contribution in [-0.4, -0.2) is 10.1 Å². The third-order valence-electron chi connectivity index (χ3n) is 2.21. The SMILES string of the molecule is Nc1cc(Cl)c(Cc2noc(C(F)(F)F)n2)c(Cl)c1. The number of anilines is 1. The van der Waals surface area contributed by atoms with Gasteiger partial charge in [0.1, 0.15) is 0 Å². The summed E-state index contributed by atoms with van der Waals surface area (Å²) < 4.78 is 41.0. The van der Waals surface area contributed by atoms with Crippen molar-refractivity contribution in [2.24, 2.45) is 0 Å². The lowest BCUT2D eigenvalue weighted by molar-refractivity contribution is -0.159. The highest BCUT2D eigenvalue weighted by Gasteiger charge is 2.38. The molecule has 19 heavy (non-hydrogen) atoms. The maximum atomic E-state index is 12.3. The van der Waals surface area contributed by atoms with E-state index in [-0.39, 0.29) is 22.3 Å². The van der Waals surface area contributed by atoms with Gasteiger partial charge in [0, 0.05) is 22.2 Å². The van der Waals surface area contributed by atoms with Crippen LogP contribution in [0, 0.1) is 0 Å². The van der Waals surface area contributed by atoms with Crippen molar-refractivity contribution in [1.29, 1.82) is 0 Å². The molecular formula is C10H6Cl2F3N3O. The van der Waals surface area contributed by atoms with Gasteiger partial charge in [-0.05, 0) is 17.7 Å². The standard InChI is InChI=1S/C10H6Cl2F3N3O/c11-6-1-4(16)2-7(12)5(6)3-8-17-9(19-18-8)10(13,14)15/h1-2H,3,16H2. The minimum Gasteiger partial charge on any atom is -0.399 e. The van der Waals surface area contributed by atoms with Gasteiger partial charge in [-0.3, -0.25) is 0 Å². The number of nitrogens with two attached hydrogens (primary N) is 1. The molecule has 0 amide bonds. The van der Waals surface area contributed by atoms with Crippen LogP contribution in [0.2, 0.25) is 10.0 Å². The predicted octanol–water partition coefficient (Wildman–Crippen LogP) is 3.57. The molecule has 2 aromatic rings. The van der Waals surface area contributed by atoms with Crippen LogP contribution in [-0.2, 0) is 12.6 Å². The summed E-state index contributed by atoms with van der Waals surface area (Å²) >= 11 is 11.8. The Hall–Kier alpha value is -1.47. The smallest absolute Gasteiger partial charge is 0.399 e. The third kappa shape index (κ3) is 3.10. The zero-order valence-corrected chi connectivity index (χ0v) is 10.6. The molecule has 0 spiro atoms. The van der Waals surface area contributed by atoms with E-state index in [1.54, 1.807) is 0 Å². The highest BCUT2D eigenvalue weighted by molar-refractivity contribution is 6.36. The lowest BCUT2D eigenvalue weighted by atomic mass is 10.1. The summed E-state index contributed by atoms with van der Waals surface area (Å²) in [5, 5.41) is 3.68. The largest absolute Gasteiger partial charge is 0.471 e. The number of alkyl halides is 3. The van der Waals surface area contributed by atoms with Gasteiger partial charge >= 0.3 is 12.1 Å². The molecule has 0 bridgehead atoms. The van der Waals surface area contributed by atoms with Crippen molar-refractivity contribution < 1.29 is 17.7 Å². The molecule has 0 saturated heterocycles. The molecule has 1 aromatic heterocycles. The molecule has 2 N–H and O–H groups in total. The van der Waals surface area contributed by atoms with Crippen LogP contribution in [0.3, 0.4) is 0 Å². The van der Waals surface area contributed by atoms with E-state index in [4.69, 9.17) is 28.9 Å². The molecule has 0 aliphatic heterocycles. The van der Waals surface area contributed by atoms with E-state index in [2.05, 4.69) is 14.7 Å². The highest BCUT2D eigenvalue weighted by Crippen LogP contribution is 2.31. The molecule has 1 heterocycles. The molecule has 0 radical (unpaired) electrons. The van der Waals surface area contributed by atoms with Crippen LogP contribution in [0.15, 0.2) is 16.7 Å². The third-order valence-corrected chi connectivity index (χ3v) is 2.88. The normalized spacial score (nSPS) is 11.8. The van der Waals surface area contributed by atoms with E-state index in [1.807, 2.05) is 0 Å². The first kappa shape index (κ1) is 14.0. The van der Waals surface area contributed by atoms with E-state index in [9.17, 15) is 13.2 Å². The summed E-state index contributed by atoms with van der Waals surface area (Å²) in [6.45, 7) is 0. The Morgan fingerprint density at radius 1 is 1.21 bits per heavy atom. The van der Waals surface area contributed by atoms with E-state index >= 15 is 0 Å². The lowest BCUT2D eigenvalue weighted by Gasteiger charge is -2.05. The summed E-state index contributed by atoms with van der Waals surface area (Å²) in [6, 6.07) is 2.88. The van der Waals surface area contributed by atoms with Crippen molar-refractivity contribution in [3.8, 4) is 0 Å². The van der Waals surface area contributed by atoms with E-state index in [0.717, 1.165) is 0 Å². The molecule has 1 aromatic carbocycles. The number of hydrogen-bond acceptors (Lipinski definition) is 4. The quantitative estimate of drug-likeness (QED) is 0.861. The molecule has 4 nitrogen and oxygen atoms in total. The first-order chi connectivity index (χ1) is 8.77. The van der Waals surface area contributed by atoms with Gasteiger partial charge in [0.05, 0.1) is 0 Å². The minimum atomic E-state index is -4.68. The van der Waals surface area contributed by atoms with Gasteiger partial charge in [0.2, 0.25) is 0 Å². The van der Waals surface area contributed by atoms with Gasteiger partial charge in [-0.2, -0.15) is 18.2 Å². The fraction of sp³-hybridized carbons (Fsp3) is 0.200. The van der Waals surface area contributed by atoms with Crippen molar-refractivity contribution in [3.63, 3.8) is 0 Å². The summed E-state index contributed by atoms with van der Waals surface area (Å²) in [7, 11) is 0. The summed E-state index contributed by atoms with van der Waals surface area (Å²) in [6.07, 6.45) is -4.77. The average Bonchev–Trinajstić information content (AvgIpc) is 2.71. The monoisotopic (exact) mass is 311 g/mol. The summed E-state index contributed by atoms with van der Waals surface area (Å²) in [5.41, 5.74) is 6.25. The number of rotatable bonds is 2. The second-order valence-electron chi connectivity index (χ2n) is 3.65. The Kier molecular flexibility index (Phi) is 3.60. The summed E-state index contributed by atoms with van der Waals surface area (Å²) in [5.74, 6) is -1.58. The molecule has 0 aliphatic carbocycles. The van der Waals surface area contributed by atoms with Gasteiger partial charge < -0.3 is 10.3 Å². The molecule has 0 saturated carbocycles. The Morgan fingerprint density at radius 3 is 2.26 bits per heavy atom. The average molecular weight is 312 g/mol. The minimum absolute atomic E-state index is 0.0858. The molecule has 2 rings (SSSR count). The van der Waals surface area contributed by atoms with Crippen molar-refractivity contribution in [2.45, 2.75) is 12.6 Å². The highest BCUT2D eigenvalue weighted by atomic mass is 35.5. The Labute approximate surface area is 115 Å². The molecule has 0 atom stereocenters. The van der Waals surface area contributed by atoms with Crippen LogP contribution >= 0.6 is 23.2 Å². The van der Waals surface area contributed by atoms with Gasteiger partial charge in [-0.1, -0.05) is 28.4 Å². The zero-order chi connectivity index (χ0) is 14.2.